The third-order valence-corrected chi connectivity index (χ3v) is 5.91. The summed E-state index contributed by atoms with van der Waals surface area (Å²) < 4.78 is 5.74. The van der Waals surface area contributed by atoms with Crippen LogP contribution in [0.3, 0.4) is 0 Å². The number of para-hydroxylation sites is 2. The Kier molecular flexibility index (Phi) is 4.72. The summed E-state index contributed by atoms with van der Waals surface area (Å²) in [6.45, 7) is 8.16. The Balaban J connectivity index is 1.36. The van der Waals surface area contributed by atoms with Crippen LogP contribution in [-0.2, 0) is 4.79 Å². The van der Waals surface area contributed by atoms with Gasteiger partial charge in [0, 0.05) is 26.2 Å². The summed E-state index contributed by atoms with van der Waals surface area (Å²) in [7, 11) is 0. The number of rotatable bonds is 6. The van der Waals surface area contributed by atoms with Crippen molar-refractivity contribution in [3.8, 4) is 5.75 Å². The molecule has 2 aliphatic heterocycles. The monoisotopic (exact) mass is 372 g/mol. The molecule has 0 unspecified atom stereocenters. The fourth-order valence-electron chi connectivity index (χ4n) is 4.11. The number of amides is 3. The molecule has 1 aromatic rings. The lowest BCUT2D eigenvalue weighted by atomic mass is 9.96. The first-order valence-electron chi connectivity index (χ1n) is 9.86. The van der Waals surface area contributed by atoms with Crippen LogP contribution in [0.25, 0.3) is 0 Å². The zero-order chi connectivity index (χ0) is 19.0. The van der Waals surface area contributed by atoms with E-state index in [0.717, 1.165) is 50.5 Å². The molecule has 1 N–H and O–H groups in total. The van der Waals surface area contributed by atoms with Crippen LogP contribution in [-0.4, -0.2) is 66.7 Å². The van der Waals surface area contributed by atoms with Gasteiger partial charge >= 0.3 is 6.03 Å². The second-order valence-corrected chi connectivity index (χ2v) is 7.79. The first-order valence-corrected chi connectivity index (χ1v) is 9.86. The van der Waals surface area contributed by atoms with Crippen LogP contribution < -0.4 is 15.0 Å². The molecule has 4 rings (SSSR count). The second-order valence-electron chi connectivity index (χ2n) is 7.79. The van der Waals surface area contributed by atoms with Crippen molar-refractivity contribution in [2.24, 2.45) is 5.92 Å². The highest BCUT2D eigenvalue weighted by Gasteiger charge is 2.56. The van der Waals surface area contributed by atoms with Crippen LogP contribution in [0.15, 0.2) is 24.3 Å². The molecule has 2 saturated heterocycles. The van der Waals surface area contributed by atoms with Crippen LogP contribution >= 0.6 is 0 Å². The first kappa shape index (κ1) is 18.1. The molecular formula is C20H28N4O3. The molecule has 7 heteroatoms. The average molecular weight is 372 g/mol. The first-order chi connectivity index (χ1) is 13.0. The third kappa shape index (κ3) is 3.36. The minimum absolute atomic E-state index is 0.0703. The summed E-state index contributed by atoms with van der Waals surface area (Å²) in [5.74, 6) is 1.13. The Bertz CT molecular complexity index is 728. The Hall–Kier alpha value is -2.28. The van der Waals surface area contributed by atoms with Crippen LogP contribution in [0.5, 0.6) is 5.75 Å². The van der Waals surface area contributed by atoms with Gasteiger partial charge in [-0.3, -0.25) is 9.69 Å². The summed E-state index contributed by atoms with van der Waals surface area (Å²) in [6, 6.07) is 7.84. The molecule has 0 radical (unpaired) electrons. The Morgan fingerprint density at radius 3 is 2.52 bits per heavy atom. The lowest BCUT2D eigenvalue weighted by molar-refractivity contribution is -0.133. The minimum Gasteiger partial charge on any atom is -0.492 e. The number of carbonyl (C=O) groups is 2. The van der Waals surface area contributed by atoms with E-state index in [-0.39, 0.29) is 11.9 Å². The van der Waals surface area contributed by atoms with E-state index in [9.17, 15) is 9.59 Å². The molecule has 27 heavy (non-hydrogen) atoms. The van der Waals surface area contributed by atoms with E-state index >= 15 is 0 Å². The number of piperazine rings is 1. The number of benzene rings is 1. The van der Waals surface area contributed by atoms with E-state index in [1.165, 1.54) is 4.90 Å². The molecule has 146 valence electrons. The van der Waals surface area contributed by atoms with Crippen molar-refractivity contribution in [3.05, 3.63) is 24.3 Å². The Morgan fingerprint density at radius 1 is 1.15 bits per heavy atom. The van der Waals surface area contributed by atoms with Gasteiger partial charge in [0.05, 0.1) is 19.0 Å². The van der Waals surface area contributed by atoms with E-state index in [2.05, 4.69) is 21.2 Å². The van der Waals surface area contributed by atoms with Gasteiger partial charge in [0.2, 0.25) is 0 Å². The highest BCUT2D eigenvalue weighted by molar-refractivity contribution is 6.07. The predicted molar refractivity (Wildman–Crippen MR) is 103 cm³/mol. The van der Waals surface area contributed by atoms with Crippen LogP contribution in [0.2, 0.25) is 0 Å². The Labute approximate surface area is 160 Å². The highest BCUT2D eigenvalue weighted by atomic mass is 16.5. The summed E-state index contributed by atoms with van der Waals surface area (Å²) in [6.07, 6.45) is 2.04. The maximum atomic E-state index is 12.8. The number of nitrogens with zero attached hydrogens (tertiary/aromatic N) is 3. The number of carbonyl (C=O) groups excluding carboxylic acids is 2. The van der Waals surface area contributed by atoms with Gasteiger partial charge in [-0.25, -0.2) is 9.69 Å². The smallest absolute Gasteiger partial charge is 0.326 e. The maximum absolute atomic E-state index is 12.8. The number of imide groups is 1. The number of nitrogens with one attached hydrogen (secondary N) is 1. The van der Waals surface area contributed by atoms with Crippen molar-refractivity contribution in [1.82, 2.24) is 15.1 Å². The minimum atomic E-state index is -0.699. The van der Waals surface area contributed by atoms with Crippen molar-refractivity contribution >= 4 is 17.6 Å². The van der Waals surface area contributed by atoms with Gasteiger partial charge in [0.1, 0.15) is 11.3 Å². The molecule has 3 aliphatic rings. The average Bonchev–Trinajstić information content (AvgIpc) is 3.49. The van der Waals surface area contributed by atoms with E-state index < -0.39 is 5.54 Å². The van der Waals surface area contributed by atoms with Gasteiger partial charge < -0.3 is 15.0 Å². The van der Waals surface area contributed by atoms with Crippen LogP contribution in [0.4, 0.5) is 10.5 Å². The molecule has 0 aromatic heterocycles. The SMILES string of the molecule is CCOc1ccccc1N1CCN(CN2C(=O)N[C@](C)(C3CC3)C2=O)CC1. The van der Waals surface area contributed by atoms with E-state index in [0.29, 0.717) is 19.2 Å². The molecule has 1 atom stereocenters. The molecular weight excluding hydrogens is 344 g/mol. The molecule has 0 spiro atoms. The Morgan fingerprint density at radius 2 is 1.85 bits per heavy atom. The van der Waals surface area contributed by atoms with Crippen LogP contribution in [0.1, 0.15) is 26.7 Å². The zero-order valence-electron chi connectivity index (χ0n) is 16.1. The molecule has 2 heterocycles. The van der Waals surface area contributed by atoms with Gasteiger partial charge in [-0.15, -0.1) is 0 Å². The molecule has 3 fully saturated rings. The molecule has 7 nitrogen and oxygen atoms in total. The summed E-state index contributed by atoms with van der Waals surface area (Å²) >= 11 is 0. The lowest BCUT2D eigenvalue weighted by Crippen LogP contribution is -2.52. The zero-order valence-corrected chi connectivity index (χ0v) is 16.1. The quantitative estimate of drug-likeness (QED) is 0.773. The summed E-state index contributed by atoms with van der Waals surface area (Å²) in [5, 5.41) is 2.92. The van der Waals surface area contributed by atoms with Gasteiger partial charge in [-0.1, -0.05) is 12.1 Å². The van der Waals surface area contributed by atoms with E-state index in [1.54, 1.807) is 0 Å². The van der Waals surface area contributed by atoms with Crippen molar-refractivity contribution in [3.63, 3.8) is 0 Å². The number of urea groups is 1. The number of anilines is 1. The van der Waals surface area contributed by atoms with Gasteiger partial charge in [0.15, 0.2) is 0 Å². The molecule has 0 bridgehead atoms. The summed E-state index contributed by atoms with van der Waals surface area (Å²) in [4.78, 5) is 31.0. The predicted octanol–water partition coefficient (Wildman–Crippen LogP) is 1.89. The number of ether oxygens (including phenoxy) is 1. The largest absolute Gasteiger partial charge is 0.492 e. The standard InChI is InChI=1S/C20H28N4O3/c1-3-27-17-7-5-4-6-16(17)23-12-10-22(11-13-23)14-24-18(25)20(2,15-8-9-15)21-19(24)26/h4-7,15H,3,8-14H2,1-2H3,(H,21,26)/t20-/m1/s1. The van der Waals surface area contributed by atoms with Crippen molar-refractivity contribution in [2.45, 2.75) is 32.2 Å². The molecule has 3 amide bonds. The molecule has 1 aliphatic carbocycles. The van der Waals surface area contributed by atoms with Crippen molar-refractivity contribution < 1.29 is 14.3 Å². The number of hydrogen-bond acceptors (Lipinski definition) is 5. The molecule has 1 saturated carbocycles. The molecule has 1 aromatic carbocycles. The fraction of sp³-hybridized carbons (Fsp3) is 0.600. The normalized spacial score (nSPS) is 26.4. The van der Waals surface area contributed by atoms with Gasteiger partial charge in [-0.2, -0.15) is 0 Å². The van der Waals surface area contributed by atoms with Crippen molar-refractivity contribution in [2.75, 3.05) is 44.4 Å². The third-order valence-electron chi connectivity index (χ3n) is 5.91. The second kappa shape index (κ2) is 7.03. The van der Waals surface area contributed by atoms with Crippen molar-refractivity contribution in [1.29, 1.82) is 0 Å². The van der Waals surface area contributed by atoms with Gasteiger partial charge in [0.25, 0.3) is 5.91 Å². The van der Waals surface area contributed by atoms with E-state index in [4.69, 9.17) is 4.74 Å². The summed E-state index contributed by atoms with van der Waals surface area (Å²) in [5.41, 5.74) is 0.408. The highest BCUT2D eigenvalue weighted by Crippen LogP contribution is 2.42. The topological polar surface area (TPSA) is 65.1 Å². The van der Waals surface area contributed by atoms with Gasteiger partial charge in [-0.05, 0) is 44.7 Å². The van der Waals surface area contributed by atoms with E-state index in [1.807, 2.05) is 32.0 Å². The number of hydrogen-bond donors (Lipinski definition) is 1. The maximum Gasteiger partial charge on any atom is 0.326 e. The van der Waals surface area contributed by atoms with Crippen LogP contribution in [0, 0.1) is 5.92 Å². The lowest BCUT2D eigenvalue weighted by Gasteiger charge is -2.37. The fourth-order valence-corrected chi connectivity index (χ4v) is 4.11.